The summed E-state index contributed by atoms with van der Waals surface area (Å²) in [6, 6.07) is 11.5. The van der Waals surface area contributed by atoms with Crippen LogP contribution in [-0.4, -0.2) is 32.0 Å². The molecule has 2 rings (SSSR count). The van der Waals surface area contributed by atoms with E-state index >= 15 is 0 Å². The molecule has 1 heterocycles. The minimum Gasteiger partial charge on any atom is -0.496 e. The number of rotatable bonds is 8. The molecule has 2 aromatic rings. The van der Waals surface area contributed by atoms with Gasteiger partial charge in [0.2, 0.25) is 11.8 Å². The van der Waals surface area contributed by atoms with Crippen molar-refractivity contribution in [1.29, 1.82) is 0 Å². The zero-order valence-corrected chi connectivity index (χ0v) is 13.8. The van der Waals surface area contributed by atoms with Crippen molar-refractivity contribution in [3.05, 3.63) is 52.2 Å². The van der Waals surface area contributed by atoms with E-state index in [1.807, 2.05) is 41.8 Å². The van der Waals surface area contributed by atoms with Gasteiger partial charge in [-0.15, -0.1) is 11.3 Å². The Morgan fingerprint density at radius 3 is 2.65 bits per heavy atom. The van der Waals surface area contributed by atoms with Gasteiger partial charge >= 0.3 is 0 Å². The van der Waals surface area contributed by atoms with Gasteiger partial charge in [0, 0.05) is 11.4 Å². The zero-order valence-electron chi connectivity index (χ0n) is 13.0. The van der Waals surface area contributed by atoms with Crippen molar-refractivity contribution in [1.82, 2.24) is 10.6 Å². The van der Waals surface area contributed by atoms with E-state index in [1.54, 1.807) is 7.11 Å². The maximum atomic E-state index is 11.7. The van der Waals surface area contributed by atoms with Crippen LogP contribution in [0.15, 0.2) is 41.8 Å². The van der Waals surface area contributed by atoms with E-state index < -0.39 is 0 Å². The molecular weight excluding hydrogens is 312 g/mol. The second-order valence-electron chi connectivity index (χ2n) is 4.94. The molecule has 1 aromatic heterocycles. The summed E-state index contributed by atoms with van der Waals surface area (Å²) in [5, 5.41) is 7.34. The maximum absolute atomic E-state index is 11.7. The molecule has 6 heteroatoms. The monoisotopic (exact) mass is 332 g/mol. The fourth-order valence-corrected chi connectivity index (χ4v) is 2.82. The lowest BCUT2D eigenvalue weighted by atomic mass is 10.1. The van der Waals surface area contributed by atoms with Gasteiger partial charge < -0.3 is 15.4 Å². The van der Waals surface area contributed by atoms with Gasteiger partial charge in [0.25, 0.3) is 0 Å². The molecule has 0 aliphatic carbocycles. The first-order valence-electron chi connectivity index (χ1n) is 7.36. The van der Waals surface area contributed by atoms with Gasteiger partial charge in [0.15, 0.2) is 0 Å². The molecule has 0 atom stereocenters. The van der Waals surface area contributed by atoms with Crippen LogP contribution in [0.3, 0.4) is 0 Å². The lowest BCUT2D eigenvalue weighted by molar-refractivity contribution is -0.125. The second kappa shape index (κ2) is 8.95. The first kappa shape index (κ1) is 17.0. The normalized spacial score (nSPS) is 10.1. The average Bonchev–Trinajstić information content (AvgIpc) is 3.06. The summed E-state index contributed by atoms with van der Waals surface area (Å²) in [6.07, 6.45) is 0.991. The number of hydrogen-bond acceptors (Lipinski definition) is 4. The molecule has 23 heavy (non-hydrogen) atoms. The number of methoxy groups -OCH3 is 1. The van der Waals surface area contributed by atoms with Crippen molar-refractivity contribution in [2.24, 2.45) is 0 Å². The van der Waals surface area contributed by atoms with Gasteiger partial charge in [-0.2, -0.15) is 0 Å². The van der Waals surface area contributed by atoms with Gasteiger partial charge in [0.05, 0.1) is 20.1 Å². The zero-order chi connectivity index (χ0) is 16.5. The topological polar surface area (TPSA) is 67.4 Å². The molecule has 2 amide bonds. The van der Waals surface area contributed by atoms with Gasteiger partial charge in [0.1, 0.15) is 5.75 Å². The number of hydrogen-bond donors (Lipinski definition) is 2. The van der Waals surface area contributed by atoms with E-state index in [0.29, 0.717) is 19.4 Å². The number of nitrogens with one attached hydrogen (secondary N) is 2. The minimum absolute atomic E-state index is 0.00384. The van der Waals surface area contributed by atoms with E-state index in [1.165, 1.54) is 11.3 Å². The highest BCUT2D eigenvalue weighted by Crippen LogP contribution is 2.17. The summed E-state index contributed by atoms with van der Waals surface area (Å²) in [5.41, 5.74) is 1.04. The van der Waals surface area contributed by atoms with Crippen LogP contribution in [0.5, 0.6) is 5.75 Å². The van der Waals surface area contributed by atoms with E-state index in [0.717, 1.165) is 16.2 Å². The van der Waals surface area contributed by atoms with Crippen molar-refractivity contribution in [2.75, 3.05) is 20.2 Å². The Morgan fingerprint density at radius 2 is 1.91 bits per heavy atom. The van der Waals surface area contributed by atoms with Crippen molar-refractivity contribution >= 4 is 23.2 Å². The summed E-state index contributed by atoms with van der Waals surface area (Å²) in [7, 11) is 1.63. The number of amides is 2. The van der Waals surface area contributed by atoms with Crippen LogP contribution < -0.4 is 15.4 Å². The number of benzene rings is 1. The van der Waals surface area contributed by atoms with E-state index in [9.17, 15) is 9.59 Å². The first-order chi connectivity index (χ1) is 11.2. The molecule has 0 spiro atoms. The predicted molar refractivity (Wildman–Crippen MR) is 90.7 cm³/mol. The minimum atomic E-state index is -0.195. The third-order valence-electron chi connectivity index (χ3n) is 3.27. The molecule has 0 saturated heterocycles. The maximum Gasteiger partial charge on any atom is 0.239 e. The SMILES string of the molecule is COc1ccccc1CCNC(=O)CNC(=O)Cc1cccs1. The summed E-state index contributed by atoms with van der Waals surface area (Å²) >= 11 is 1.53. The lowest BCUT2D eigenvalue weighted by Gasteiger charge is -2.09. The third-order valence-corrected chi connectivity index (χ3v) is 4.15. The van der Waals surface area contributed by atoms with Crippen LogP contribution in [0.2, 0.25) is 0 Å². The van der Waals surface area contributed by atoms with Crippen LogP contribution in [0.25, 0.3) is 0 Å². The highest BCUT2D eigenvalue weighted by atomic mass is 32.1. The van der Waals surface area contributed by atoms with Crippen LogP contribution in [-0.2, 0) is 22.4 Å². The van der Waals surface area contributed by atoms with Gasteiger partial charge in [-0.05, 0) is 29.5 Å². The smallest absolute Gasteiger partial charge is 0.239 e. The van der Waals surface area contributed by atoms with Crippen LogP contribution in [0.1, 0.15) is 10.4 Å². The largest absolute Gasteiger partial charge is 0.496 e. The Morgan fingerprint density at radius 1 is 1.09 bits per heavy atom. The van der Waals surface area contributed by atoms with Crippen molar-refractivity contribution in [3.8, 4) is 5.75 Å². The summed E-state index contributed by atoms with van der Waals surface area (Å²) in [4.78, 5) is 24.4. The Kier molecular flexibility index (Phi) is 6.62. The molecule has 0 aliphatic rings. The molecule has 0 bridgehead atoms. The van der Waals surface area contributed by atoms with E-state index in [-0.39, 0.29) is 18.4 Å². The van der Waals surface area contributed by atoms with E-state index in [2.05, 4.69) is 10.6 Å². The quantitative estimate of drug-likeness (QED) is 0.774. The Labute approximate surface area is 139 Å². The number of thiophene rings is 1. The van der Waals surface area contributed by atoms with Gasteiger partial charge in [-0.25, -0.2) is 0 Å². The van der Waals surface area contributed by atoms with Gasteiger partial charge in [-0.3, -0.25) is 9.59 Å². The van der Waals surface area contributed by atoms with E-state index in [4.69, 9.17) is 4.74 Å². The van der Waals surface area contributed by atoms with Crippen molar-refractivity contribution in [3.63, 3.8) is 0 Å². The summed E-state index contributed by atoms with van der Waals surface area (Å²) in [6.45, 7) is 0.496. The Balaban J connectivity index is 1.66. The number of carbonyl (C=O) groups excluding carboxylic acids is 2. The summed E-state index contributed by atoms with van der Waals surface area (Å²) in [5.74, 6) is 0.470. The molecule has 5 nitrogen and oxygen atoms in total. The molecule has 0 aliphatic heterocycles. The van der Waals surface area contributed by atoms with Crippen LogP contribution in [0.4, 0.5) is 0 Å². The highest BCUT2D eigenvalue weighted by molar-refractivity contribution is 7.10. The first-order valence-corrected chi connectivity index (χ1v) is 8.24. The molecule has 0 saturated carbocycles. The Bertz CT molecular complexity index is 641. The number of ether oxygens (including phenoxy) is 1. The highest BCUT2D eigenvalue weighted by Gasteiger charge is 2.07. The Hall–Kier alpha value is -2.34. The van der Waals surface area contributed by atoms with Crippen molar-refractivity contribution < 1.29 is 14.3 Å². The van der Waals surface area contributed by atoms with Gasteiger partial charge in [-0.1, -0.05) is 24.3 Å². The summed E-state index contributed by atoms with van der Waals surface area (Å²) < 4.78 is 5.26. The lowest BCUT2D eigenvalue weighted by Crippen LogP contribution is -2.38. The fraction of sp³-hybridized carbons (Fsp3) is 0.294. The van der Waals surface area contributed by atoms with Crippen LogP contribution in [0, 0.1) is 0 Å². The molecule has 1 aromatic carbocycles. The molecule has 2 N–H and O–H groups in total. The second-order valence-corrected chi connectivity index (χ2v) is 5.98. The average molecular weight is 332 g/mol. The molecule has 0 radical (unpaired) electrons. The van der Waals surface area contributed by atoms with Crippen molar-refractivity contribution in [2.45, 2.75) is 12.8 Å². The number of para-hydroxylation sites is 1. The fourth-order valence-electron chi connectivity index (χ4n) is 2.12. The molecule has 0 unspecified atom stereocenters. The standard InChI is InChI=1S/C17H20N2O3S/c1-22-15-7-3-2-5-13(15)8-9-18-17(21)12-19-16(20)11-14-6-4-10-23-14/h2-7,10H,8-9,11-12H2,1H3,(H,18,21)(H,19,20). The molecule has 0 fully saturated rings. The molecule has 122 valence electrons. The third kappa shape index (κ3) is 5.75. The molecular formula is C17H20N2O3S. The number of carbonyl (C=O) groups is 2. The van der Waals surface area contributed by atoms with Crippen LogP contribution >= 0.6 is 11.3 Å². The predicted octanol–water partition coefficient (Wildman–Crippen LogP) is 1.77.